The molecule has 0 aliphatic heterocycles. The summed E-state index contributed by atoms with van der Waals surface area (Å²) in [6, 6.07) is 6.68. The summed E-state index contributed by atoms with van der Waals surface area (Å²) >= 11 is 6.02. The van der Waals surface area contributed by atoms with E-state index in [0.717, 1.165) is 0 Å². The van der Waals surface area contributed by atoms with Gasteiger partial charge >= 0.3 is 7.60 Å². The topological polar surface area (TPSA) is 55.8 Å². The standard InChI is InChI=1S/C12H18ClO4P/c1-4-9(2)17-18(14,15)12(13)10-5-7-11(16-3)8-6-10/h5-9,12H,4H2,1-3H3,(H,14,15). The van der Waals surface area contributed by atoms with Crippen LogP contribution in [0.25, 0.3) is 0 Å². The Morgan fingerprint density at radius 2 is 1.94 bits per heavy atom. The molecule has 0 bridgehead atoms. The van der Waals surface area contributed by atoms with Crippen molar-refractivity contribution in [3.8, 4) is 5.75 Å². The zero-order valence-electron chi connectivity index (χ0n) is 10.7. The van der Waals surface area contributed by atoms with Crippen molar-refractivity contribution in [1.82, 2.24) is 0 Å². The molecule has 0 radical (unpaired) electrons. The number of methoxy groups -OCH3 is 1. The Kier molecular flexibility index (Phi) is 5.67. The second-order valence-electron chi connectivity index (χ2n) is 4.00. The highest BCUT2D eigenvalue weighted by Crippen LogP contribution is 2.59. The van der Waals surface area contributed by atoms with Gasteiger partial charge in [-0.25, -0.2) is 0 Å². The van der Waals surface area contributed by atoms with Gasteiger partial charge < -0.3 is 14.2 Å². The first-order chi connectivity index (χ1) is 8.40. The fourth-order valence-electron chi connectivity index (χ4n) is 1.34. The maximum atomic E-state index is 12.0. The largest absolute Gasteiger partial charge is 0.497 e. The van der Waals surface area contributed by atoms with E-state index in [9.17, 15) is 9.46 Å². The lowest BCUT2D eigenvalue weighted by Crippen LogP contribution is -2.07. The van der Waals surface area contributed by atoms with E-state index in [4.69, 9.17) is 20.9 Å². The molecule has 6 heteroatoms. The van der Waals surface area contributed by atoms with Gasteiger partial charge in [-0.15, -0.1) is 11.6 Å². The van der Waals surface area contributed by atoms with Crippen LogP contribution in [0.15, 0.2) is 24.3 Å². The van der Waals surface area contributed by atoms with E-state index in [1.165, 1.54) is 0 Å². The van der Waals surface area contributed by atoms with Crippen molar-refractivity contribution >= 4 is 19.2 Å². The highest BCUT2D eigenvalue weighted by atomic mass is 35.5. The molecule has 0 aliphatic carbocycles. The molecule has 3 unspecified atom stereocenters. The summed E-state index contributed by atoms with van der Waals surface area (Å²) in [5.74, 6) is 0.665. The molecular formula is C12H18ClO4P. The normalized spacial score (nSPS) is 17.8. The predicted octanol–water partition coefficient (Wildman–Crippen LogP) is 3.93. The van der Waals surface area contributed by atoms with Gasteiger partial charge in [-0.1, -0.05) is 19.1 Å². The molecule has 0 aliphatic rings. The number of rotatable bonds is 6. The van der Waals surface area contributed by atoms with Crippen molar-refractivity contribution in [2.75, 3.05) is 7.11 Å². The van der Waals surface area contributed by atoms with E-state index in [-0.39, 0.29) is 6.10 Å². The fraction of sp³-hybridized carbons (Fsp3) is 0.500. The van der Waals surface area contributed by atoms with E-state index < -0.39 is 12.7 Å². The van der Waals surface area contributed by atoms with Crippen LogP contribution in [0.5, 0.6) is 5.75 Å². The van der Waals surface area contributed by atoms with Crippen LogP contribution < -0.4 is 4.74 Å². The van der Waals surface area contributed by atoms with E-state index in [2.05, 4.69) is 0 Å². The highest BCUT2D eigenvalue weighted by Gasteiger charge is 2.33. The first-order valence-corrected chi connectivity index (χ1v) is 7.78. The van der Waals surface area contributed by atoms with E-state index in [1.807, 2.05) is 6.92 Å². The van der Waals surface area contributed by atoms with Crippen molar-refractivity contribution in [2.45, 2.75) is 31.5 Å². The lowest BCUT2D eigenvalue weighted by molar-refractivity contribution is 0.184. The molecule has 4 nitrogen and oxygen atoms in total. The SMILES string of the molecule is CCC(C)OP(=O)(O)C(Cl)c1ccc(OC)cc1. The molecule has 1 aromatic carbocycles. The van der Waals surface area contributed by atoms with Crippen molar-refractivity contribution in [3.63, 3.8) is 0 Å². The fourth-order valence-corrected chi connectivity index (χ4v) is 2.94. The van der Waals surface area contributed by atoms with Crippen LogP contribution in [-0.4, -0.2) is 18.1 Å². The van der Waals surface area contributed by atoms with Crippen LogP contribution in [0.2, 0.25) is 0 Å². The van der Waals surface area contributed by atoms with Crippen LogP contribution in [-0.2, 0) is 9.09 Å². The predicted molar refractivity (Wildman–Crippen MR) is 72.3 cm³/mol. The van der Waals surface area contributed by atoms with Crippen molar-refractivity contribution in [3.05, 3.63) is 29.8 Å². The second-order valence-corrected chi connectivity index (χ2v) is 6.59. The molecule has 1 aromatic rings. The molecule has 0 saturated carbocycles. The third kappa shape index (κ3) is 3.99. The monoisotopic (exact) mass is 292 g/mol. The zero-order chi connectivity index (χ0) is 13.8. The molecule has 102 valence electrons. The van der Waals surface area contributed by atoms with Crippen LogP contribution in [0.1, 0.15) is 30.9 Å². The number of ether oxygens (including phenoxy) is 1. The lowest BCUT2D eigenvalue weighted by atomic mass is 10.2. The Labute approximate surface area is 112 Å². The summed E-state index contributed by atoms with van der Waals surface area (Å²) in [6.07, 6.45) is 0.344. The minimum Gasteiger partial charge on any atom is -0.497 e. The smallest absolute Gasteiger partial charge is 0.350 e. The summed E-state index contributed by atoms with van der Waals surface area (Å²) < 4.78 is 22.1. The maximum absolute atomic E-state index is 12.0. The summed E-state index contributed by atoms with van der Waals surface area (Å²) in [4.78, 5) is 9.83. The van der Waals surface area contributed by atoms with Gasteiger partial charge in [0.05, 0.1) is 13.2 Å². The van der Waals surface area contributed by atoms with E-state index in [1.54, 1.807) is 38.3 Å². The third-order valence-electron chi connectivity index (χ3n) is 2.58. The summed E-state index contributed by atoms with van der Waals surface area (Å²) in [7, 11) is -2.33. The molecule has 0 heterocycles. The van der Waals surface area contributed by atoms with Crippen molar-refractivity contribution in [2.24, 2.45) is 0 Å². The van der Waals surface area contributed by atoms with Gasteiger partial charge in [-0.05, 0) is 31.0 Å². The number of alkyl halides is 1. The van der Waals surface area contributed by atoms with E-state index >= 15 is 0 Å². The minimum atomic E-state index is -3.88. The van der Waals surface area contributed by atoms with Gasteiger partial charge in [0, 0.05) is 0 Å². The quantitative estimate of drug-likeness (QED) is 0.637. The van der Waals surface area contributed by atoms with Gasteiger partial charge in [0.15, 0.2) is 5.12 Å². The number of hydrogen-bond donors (Lipinski definition) is 1. The molecule has 0 amide bonds. The molecule has 3 atom stereocenters. The molecule has 0 fully saturated rings. The first kappa shape index (κ1) is 15.5. The second kappa shape index (κ2) is 6.58. The van der Waals surface area contributed by atoms with Gasteiger partial charge in [-0.2, -0.15) is 0 Å². The molecule has 1 rings (SSSR count). The molecular weight excluding hydrogens is 275 g/mol. The molecule has 0 spiro atoms. The van der Waals surface area contributed by atoms with Gasteiger partial charge in [0.25, 0.3) is 0 Å². The Morgan fingerprint density at radius 1 is 1.39 bits per heavy atom. The van der Waals surface area contributed by atoms with Crippen LogP contribution in [0.4, 0.5) is 0 Å². The van der Waals surface area contributed by atoms with Crippen molar-refractivity contribution in [1.29, 1.82) is 0 Å². The Morgan fingerprint density at radius 3 is 2.39 bits per heavy atom. The molecule has 1 N–H and O–H groups in total. The maximum Gasteiger partial charge on any atom is 0.350 e. The van der Waals surface area contributed by atoms with Gasteiger partial charge in [-0.3, -0.25) is 4.57 Å². The molecule has 18 heavy (non-hydrogen) atoms. The summed E-state index contributed by atoms with van der Waals surface area (Å²) in [5, 5.41) is -1.07. The number of benzene rings is 1. The summed E-state index contributed by atoms with van der Waals surface area (Å²) in [6.45, 7) is 3.61. The number of halogens is 1. The van der Waals surface area contributed by atoms with Gasteiger partial charge in [0.2, 0.25) is 0 Å². The Hall–Kier alpha value is -0.540. The minimum absolute atomic E-state index is 0.305. The first-order valence-electron chi connectivity index (χ1n) is 5.69. The average molecular weight is 293 g/mol. The Bertz CT molecular complexity index is 421. The van der Waals surface area contributed by atoms with Gasteiger partial charge in [0.1, 0.15) is 5.75 Å². The van der Waals surface area contributed by atoms with Crippen LogP contribution in [0, 0.1) is 0 Å². The lowest BCUT2D eigenvalue weighted by Gasteiger charge is -2.21. The highest BCUT2D eigenvalue weighted by molar-refractivity contribution is 7.55. The van der Waals surface area contributed by atoms with Crippen LogP contribution in [0.3, 0.4) is 0 Å². The molecule has 0 saturated heterocycles. The van der Waals surface area contributed by atoms with E-state index in [0.29, 0.717) is 17.7 Å². The summed E-state index contributed by atoms with van der Waals surface area (Å²) in [5.41, 5.74) is 0.534. The van der Waals surface area contributed by atoms with Crippen LogP contribution >= 0.6 is 19.2 Å². The Balaban J connectivity index is 2.84. The number of hydrogen-bond acceptors (Lipinski definition) is 3. The third-order valence-corrected chi connectivity index (χ3v) is 5.11. The van der Waals surface area contributed by atoms with Crippen molar-refractivity contribution < 1.29 is 18.7 Å². The molecule has 0 aromatic heterocycles. The average Bonchev–Trinajstić information content (AvgIpc) is 2.37. The zero-order valence-corrected chi connectivity index (χ0v) is 12.3.